The molecule has 0 aliphatic heterocycles. The Hall–Kier alpha value is -3.58. The molecule has 30 heavy (non-hydrogen) atoms. The van der Waals surface area contributed by atoms with Crippen LogP contribution in [0.4, 0.5) is 16.6 Å². The molecule has 0 saturated heterocycles. The molecular weight excluding hydrogens is 394 g/mol. The van der Waals surface area contributed by atoms with Gasteiger partial charge >= 0.3 is 0 Å². The minimum Gasteiger partial charge on any atom is -0.340 e. The predicted octanol–water partition coefficient (Wildman–Crippen LogP) is 5.52. The number of hydrogen-bond donors (Lipinski definition) is 2. The first kappa shape index (κ1) is 19.7. The average Bonchev–Trinajstić information content (AvgIpc) is 3.05. The summed E-state index contributed by atoms with van der Waals surface area (Å²) in [6, 6.07) is 19.2. The van der Waals surface area contributed by atoms with Gasteiger partial charge < -0.3 is 5.32 Å². The van der Waals surface area contributed by atoms with Crippen LogP contribution in [0.1, 0.15) is 26.8 Å². The normalized spacial score (nSPS) is 10.6. The maximum Gasteiger partial charge on any atom is 0.257 e. The van der Waals surface area contributed by atoms with E-state index in [9.17, 15) is 4.79 Å². The lowest BCUT2D eigenvalue weighted by Crippen LogP contribution is -2.12. The number of aromatic nitrogens is 3. The van der Waals surface area contributed by atoms with E-state index in [4.69, 9.17) is 0 Å². The summed E-state index contributed by atoms with van der Waals surface area (Å²) < 4.78 is 0. The first-order valence-corrected chi connectivity index (χ1v) is 10.3. The third-order valence-electron chi connectivity index (χ3n) is 4.55. The molecule has 0 unspecified atom stereocenters. The van der Waals surface area contributed by atoms with Crippen LogP contribution < -0.4 is 10.6 Å². The molecule has 150 valence electrons. The van der Waals surface area contributed by atoms with Crippen LogP contribution in [0.3, 0.4) is 0 Å². The van der Waals surface area contributed by atoms with Gasteiger partial charge in [0.25, 0.3) is 5.91 Å². The maximum absolute atomic E-state index is 12.6. The predicted molar refractivity (Wildman–Crippen MR) is 121 cm³/mol. The van der Waals surface area contributed by atoms with Gasteiger partial charge in [0.1, 0.15) is 11.6 Å². The van der Waals surface area contributed by atoms with Gasteiger partial charge in [-0.1, -0.05) is 36.4 Å². The molecule has 0 saturated carbocycles. The van der Waals surface area contributed by atoms with Gasteiger partial charge in [0.2, 0.25) is 0 Å². The van der Waals surface area contributed by atoms with Gasteiger partial charge in [0.05, 0.1) is 11.4 Å². The van der Waals surface area contributed by atoms with Gasteiger partial charge in [-0.15, -0.1) is 11.3 Å². The van der Waals surface area contributed by atoms with Crippen LogP contribution in [0.15, 0.2) is 60.7 Å². The third kappa shape index (κ3) is 4.52. The molecule has 0 fully saturated rings. The number of hydrogen-bond acceptors (Lipinski definition) is 6. The van der Waals surface area contributed by atoms with E-state index in [2.05, 4.69) is 25.6 Å². The Labute approximate surface area is 179 Å². The fourth-order valence-corrected chi connectivity index (χ4v) is 3.78. The van der Waals surface area contributed by atoms with Crippen LogP contribution in [0.2, 0.25) is 0 Å². The van der Waals surface area contributed by atoms with E-state index in [-0.39, 0.29) is 5.91 Å². The number of carbonyl (C=O) groups is 1. The summed E-state index contributed by atoms with van der Waals surface area (Å²) in [6.45, 7) is 5.78. The van der Waals surface area contributed by atoms with Gasteiger partial charge in [-0.3, -0.25) is 10.1 Å². The molecule has 2 N–H and O–H groups in total. The molecule has 4 aromatic rings. The topological polar surface area (TPSA) is 79.8 Å². The van der Waals surface area contributed by atoms with Crippen molar-refractivity contribution >= 4 is 33.9 Å². The summed E-state index contributed by atoms with van der Waals surface area (Å²) in [4.78, 5) is 27.1. The Morgan fingerprint density at radius 2 is 1.70 bits per heavy atom. The quantitative estimate of drug-likeness (QED) is 0.448. The summed E-state index contributed by atoms with van der Waals surface area (Å²) in [7, 11) is 0. The van der Waals surface area contributed by atoms with Gasteiger partial charge in [-0.2, -0.15) is 0 Å². The highest BCUT2D eigenvalue weighted by Gasteiger charge is 2.11. The highest BCUT2D eigenvalue weighted by molar-refractivity contribution is 7.15. The lowest BCUT2D eigenvalue weighted by atomic mass is 10.1. The van der Waals surface area contributed by atoms with Gasteiger partial charge in [0, 0.05) is 27.8 Å². The van der Waals surface area contributed by atoms with Crippen molar-refractivity contribution in [2.75, 3.05) is 10.6 Å². The monoisotopic (exact) mass is 415 g/mol. The van der Waals surface area contributed by atoms with Gasteiger partial charge in [0.15, 0.2) is 5.13 Å². The zero-order chi connectivity index (χ0) is 21.1. The van der Waals surface area contributed by atoms with Crippen molar-refractivity contribution in [2.24, 2.45) is 0 Å². The van der Waals surface area contributed by atoms with Crippen LogP contribution in [-0.4, -0.2) is 20.9 Å². The number of nitrogens with zero attached hydrogens (tertiary/aromatic N) is 3. The summed E-state index contributed by atoms with van der Waals surface area (Å²) >= 11 is 1.47. The molecule has 0 atom stereocenters. The number of amides is 1. The van der Waals surface area contributed by atoms with Gasteiger partial charge in [-0.25, -0.2) is 15.0 Å². The number of rotatable bonds is 5. The molecule has 7 heteroatoms. The third-order valence-corrected chi connectivity index (χ3v) is 5.54. The van der Waals surface area contributed by atoms with E-state index in [0.717, 1.165) is 27.5 Å². The molecule has 2 aromatic heterocycles. The average molecular weight is 416 g/mol. The SMILES string of the molecule is Cc1nc(Nc2cccc(C(=O)Nc3nc(C)c(C)s3)c2)cc(-c2ccccc2)n1. The zero-order valence-electron chi connectivity index (χ0n) is 16.9. The van der Waals surface area contributed by atoms with Crippen molar-refractivity contribution in [1.29, 1.82) is 0 Å². The van der Waals surface area contributed by atoms with Crippen LogP contribution in [0.5, 0.6) is 0 Å². The highest BCUT2D eigenvalue weighted by Crippen LogP contribution is 2.24. The van der Waals surface area contributed by atoms with E-state index in [1.807, 2.05) is 69.3 Å². The van der Waals surface area contributed by atoms with Crippen molar-refractivity contribution in [3.63, 3.8) is 0 Å². The summed E-state index contributed by atoms with van der Waals surface area (Å²) in [5.41, 5.74) is 4.10. The molecule has 0 bridgehead atoms. The zero-order valence-corrected chi connectivity index (χ0v) is 17.7. The molecular formula is C23H21N5OS. The Morgan fingerprint density at radius 3 is 2.43 bits per heavy atom. The molecule has 0 spiro atoms. The molecule has 2 heterocycles. The second-order valence-electron chi connectivity index (χ2n) is 6.87. The Balaban J connectivity index is 1.54. The Morgan fingerprint density at radius 1 is 0.900 bits per heavy atom. The molecule has 0 aliphatic rings. The van der Waals surface area contributed by atoms with Crippen LogP contribution in [0.25, 0.3) is 11.3 Å². The molecule has 4 rings (SSSR count). The molecule has 1 amide bonds. The second-order valence-corrected chi connectivity index (χ2v) is 8.08. The number of nitrogens with one attached hydrogen (secondary N) is 2. The van der Waals surface area contributed by atoms with E-state index < -0.39 is 0 Å². The van der Waals surface area contributed by atoms with Crippen LogP contribution in [-0.2, 0) is 0 Å². The minimum atomic E-state index is -0.198. The lowest BCUT2D eigenvalue weighted by molar-refractivity contribution is 0.102. The number of thiazole rings is 1. The summed E-state index contributed by atoms with van der Waals surface area (Å²) in [5, 5.41) is 6.75. The fraction of sp³-hybridized carbons (Fsp3) is 0.130. The fourth-order valence-electron chi connectivity index (χ4n) is 2.97. The standard InChI is InChI=1S/C23H21N5OS/c1-14-15(2)30-23(24-14)28-22(29)18-10-7-11-19(12-18)27-21-13-20(25-16(3)26-21)17-8-5-4-6-9-17/h4-13H,1-3H3,(H,24,28,29)(H,25,26,27). The number of benzene rings is 2. The molecule has 0 aliphatic carbocycles. The molecule has 0 radical (unpaired) electrons. The molecule has 2 aromatic carbocycles. The smallest absolute Gasteiger partial charge is 0.257 e. The van der Waals surface area contributed by atoms with E-state index in [1.54, 1.807) is 12.1 Å². The van der Waals surface area contributed by atoms with Crippen molar-refractivity contribution in [3.05, 3.63) is 82.6 Å². The van der Waals surface area contributed by atoms with E-state index in [1.165, 1.54) is 11.3 Å². The first-order valence-electron chi connectivity index (χ1n) is 9.51. The Kier molecular flexibility index (Phi) is 5.54. The van der Waals surface area contributed by atoms with Crippen molar-refractivity contribution in [2.45, 2.75) is 20.8 Å². The minimum absolute atomic E-state index is 0.198. The lowest BCUT2D eigenvalue weighted by Gasteiger charge is -2.10. The Bertz CT molecular complexity index is 1180. The van der Waals surface area contributed by atoms with Crippen LogP contribution >= 0.6 is 11.3 Å². The van der Waals surface area contributed by atoms with E-state index >= 15 is 0 Å². The van der Waals surface area contributed by atoms with Gasteiger partial charge in [-0.05, 0) is 39.0 Å². The van der Waals surface area contributed by atoms with Crippen molar-refractivity contribution < 1.29 is 4.79 Å². The molecule has 6 nitrogen and oxygen atoms in total. The summed E-state index contributed by atoms with van der Waals surface area (Å²) in [5.74, 6) is 1.14. The maximum atomic E-state index is 12.6. The number of aryl methyl sites for hydroxylation is 3. The first-order chi connectivity index (χ1) is 14.5. The summed E-state index contributed by atoms with van der Waals surface area (Å²) in [6.07, 6.45) is 0. The second kappa shape index (κ2) is 8.42. The van der Waals surface area contributed by atoms with Crippen LogP contribution in [0, 0.1) is 20.8 Å². The largest absolute Gasteiger partial charge is 0.340 e. The van der Waals surface area contributed by atoms with Crippen molar-refractivity contribution in [1.82, 2.24) is 15.0 Å². The van der Waals surface area contributed by atoms with E-state index in [0.29, 0.717) is 22.3 Å². The van der Waals surface area contributed by atoms with Crippen molar-refractivity contribution in [3.8, 4) is 11.3 Å². The number of anilines is 3. The highest BCUT2D eigenvalue weighted by atomic mass is 32.1. The number of carbonyl (C=O) groups excluding carboxylic acids is 1.